The highest BCUT2D eigenvalue weighted by atomic mass is 35.7. The summed E-state index contributed by atoms with van der Waals surface area (Å²) >= 11 is 0. The van der Waals surface area contributed by atoms with Crippen molar-refractivity contribution >= 4 is 66.2 Å². The molecule has 4 aromatic rings. The Labute approximate surface area is 346 Å². The van der Waals surface area contributed by atoms with Gasteiger partial charge in [-0.1, -0.05) is 4.40 Å². The molecule has 0 unspecified atom stereocenters. The minimum atomic E-state index is -4.58. The number of hydrogen-bond donors (Lipinski definition) is 5. The fourth-order valence-electron chi connectivity index (χ4n) is 4.77. The summed E-state index contributed by atoms with van der Waals surface area (Å²) in [6.45, 7) is 2.15. The SMILES string of the molecule is COc1ccc(-n2c(C(C)=O)c(O)c(O)c2C(=O)N(C)C)cc1.COc1ccc(-n2c(C(C)=O)c(O)c(OS(N)(=O)=O)c2C(=O)N(C)C)cc1.O=C=NS(=O)(=O)Cl.O=CO. The zero-order chi connectivity index (χ0) is 46.4. The molecule has 26 heteroatoms. The number of halogens is 1. The lowest BCUT2D eigenvalue weighted by Crippen LogP contribution is -2.27. The van der Waals surface area contributed by atoms with Crippen LogP contribution in [-0.4, -0.2) is 135 Å². The van der Waals surface area contributed by atoms with Crippen molar-refractivity contribution in [3.05, 3.63) is 71.3 Å². The van der Waals surface area contributed by atoms with Gasteiger partial charge < -0.3 is 43.9 Å². The van der Waals surface area contributed by atoms with Crippen molar-refractivity contribution in [3.63, 3.8) is 0 Å². The third-order valence-corrected chi connectivity index (χ3v) is 8.01. The van der Waals surface area contributed by atoms with Crippen LogP contribution in [0.2, 0.25) is 0 Å². The van der Waals surface area contributed by atoms with E-state index in [2.05, 4.69) is 19.3 Å². The van der Waals surface area contributed by atoms with Crippen LogP contribution < -0.4 is 18.8 Å². The molecule has 0 aliphatic rings. The first-order chi connectivity index (χ1) is 27.7. The molecular formula is C34H39ClN6O17S2. The summed E-state index contributed by atoms with van der Waals surface area (Å²) in [5, 5.41) is 42.4. The van der Waals surface area contributed by atoms with E-state index < -0.39 is 65.9 Å². The molecule has 60 heavy (non-hydrogen) atoms. The molecule has 0 radical (unpaired) electrons. The van der Waals surface area contributed by atoms with Crippen molar-refractivity contribution in [2.75, 3.05) is 42.4 Å². The Hall–Kier alpha value is -6.92. The van der Waals surface area contributed by atoms with E-state index in [0.29, 0.717) is 22.9 Å². The molecular weight excluding hydrogens is 864 g/mol. The van der Waals surface area contributed by atoms with Crippen LogP contribution in [0, 0.1) is 0 Å². The van der Waals surface area contributed by atoms with Gasteiger partial charge in [0.2, 0.25) is 5.75 Å². The molecule has 4 rings (SSSR count). The molecule has 2 amide bonds. The van der Waals surface area contributed by atoms with Gasteiger partial charge in [-0.3, -0.25) is 33.1 Å². The molecule has 326 valence electrons. The topological polar surface area (TPSA) is 334 Å². The number of nitrogens with two attached hydrogens (primary N) is 1. The smallest absolute Gasteiger partial charge is 0.380 e. The molecule has 0 aliphatic carbocycles. The number of carbonyl (C=O) groups is 5. The maximum atomic E-state index is 12.7. The lowest BCUT2D eigenvalue weighted by molar-refractivity contribution is -0.122. The fourth-order valence-corrected chi connectivity index (χ4v) is 5.33. The quantitative estimate of drug-likeness (QED) is 0.0472. The summed E-state index contributed by atoms with van der Waals surface area (Å²) in [5.74, 6) is -4.02. The number of nitrogens with zero attached hydrogens (tertiary/aromatic N) is 5. The van der Waals surface area contributed by atoms with E-state index in [1.165, 1.54) is 70.9 Å². The number of ketones is 2. The minimum absolute atomic E-state index is 0.155. The van der Waals surface area contributed by atoms with Gasteiger partial charge >= 0.3 is 19.5 Å². The van der Waals surface area contributed by atoms with Crippen LogP contribution in [0.4, 0.5) is 0 Å². The van der Waals surface area contributed by atoms with Crippen molar-refractivity contribution in [1.29, 1.82) is 0 Å². The van der Waals surface area contributed by atoms with Gasteiger partial charge in [0.1, 0.15) is 22.9 Å². The Bertz CT molecular complexity index is 2490. The number of benzene rings is 2. The molecule has 0 bridgehead atoms. The van der Waals surface area contributed by atoms with Gasteiger partial charge in [-0.05, 0) is 48.5 Å². The number of hydrogen-bond acceptors (Lipinski definition) is 16. The monoisotopic (exact) mass is 902 g/mol. The summed E-state index contributed by atoms with van der Waals surface area (Å²) < 4.78 is 61.3. The van der Waals surface area contributed by atoms with E-state index in [9.17, 15) is 51.3 Å². The molecule has 2 heterocycles. The van der Waals surface area contributed by atoms with E-state index in [1.807, 2.05) is 0 Å². The number of methoxy groups -OCH3 is 2. The van der Waals surface area contributed by atoms with E-state index in [-0.39, 0.29) is 29.2 Å². The van der Waals surface area contributed by atoms with Crippen LogP contribution in [0.3, 0.4) is 0 Å². The second-order valence-electron chi connectivity index (χ2n) is 11.6. The molecule has 23 nitrogen and oxygen atoms in total. The van der Waals surface area contributed by atoms with Crippen molar-refractivity contribution in [3.8, 4) is 45.9 Å². The predicted molar refractivity (Wildman–Crippen MR) is 211 cm³/mol. The lowest BCUT2D eigenvalue weighted by atomic mass is 10.2. The van der Waals surface area contributed by atoms with E-state index in [0.717, 1.165) is 22.5 Å². The molecule has 2 aromatic heterocycles. The van der Waals surface area contributed by atoms with E-state index in [4.69, 9.17) is 29.3 Å². The number of carbonyl (C=O) groups excluding carboxylic acids is 5. The zero-order valence-corrected chi connectivity index (χ0v) is 35.2. The molecule has 0 saturated heterocycles. The number of aromatic nitrogens is 2. The van der Waals surface area contributed by atoms with Crippen LogP contribution in [-0.2, 0) is 29.1 Å². The first-order valence-corrected chi connectivity index (χ1v) is 19.7. The largest absolute Gasteiger partial charge is 0.503 e. The number of Topliss-reactive ketones (excluding diaryl/α,β-unsaturated/α-hetero) is 2. The third kappa shape index (κ3) is 13.3. The summed E-state index contributed by atoms with van der Waals surface area (Å²) in [7, 11) is 4.64. The second kappa shape index (κ2) is 21.7. The zero-order valence-electron chi connectivity index (χ0n) is 32.8. The van der Waals surface area contributed by atoms with E-state index in [1.54, 1.807) is 36.4 Å². The number of ether oxygens (including phenoxy) is 2. The molecule has 0 atom stereocenters. The number of aromatic hydroxyl groups is 3. The Morgan fingerprint density at radius 3 is 1.33 bits per heavy atom. The summed E-state index contributed by atoms with van der Waals surface area (Å²) in [5.41, 5.74) is -0.297. The average Bonchev–Trinajstić information content (AvgIpc) is 3.59. The maximum Gasteiger partial charge on any atom is 0.380 e. The van der Waals surface area contributed by atoms with Crippen LogP contribution in [0.25, 0.3) is 11.4 Å². The van der Waals surface area contributed by atoms with Gasteiger partial charge in [-0.2, -0.15) is 22.0 Å². The normalized spacial score (nSPS) is 10.4. The van der Waals surface area contributed by atoms with Gasteiger partial charge in [-0.25, -0.2) is 4.79 Å². The molecule has 2 aromatic carbocycles. The number of rotatable bonds is 11. The Balaban J connectivity index is 0.000000494. The van der Waals surface area contributed by atoms with Gasteiger partial charge in [0.25, 0.3) is 24.4 Å². The highest BCUT2D eigenvalue weighted by molar-refractivity contribution is 8.12. The summed E-state index contributed by atoms with van der Waals surface area (Å²) in [6, 6.07) is 12.7. The molecule has 0 spiro atoms. The third-order valence-electron chi connectivity index (χ3n) is 7.11. The fraction of sp³-hybridized carbons (Fsp3) is 0.235. The average molecular weight is 903 g/mol. The van der Waals surface area contributed by atoms with Crippen molar-refractivity contribution in [2.45, 2.75) is 13.8 Å². The number of amides is 2. The summed E-state index contributed by atoms with van der Waals surface area (Å²) in [6.07, 6.45) is 0.763. The lowest BCUT2D eigenvalue weighted by Gasteiger charge is -2.16. The first-order valence-electron chi connectivity index (χ1n) is 16.0. The number of isocyanates is 1. The van der Waals surface area contributed by atoms with Crippen molar-refractivity contribution < 1.29 is 79.7 Å². The standard InChI is InChI=1S/C16H19N3O7S.C16H18N2O5.CClNO3S.CH2O2/c1-9(20)12-14(21)15(26-27(17,23)24)13(16(22)18(2)3)19(12)10-5-7-11(25-4)8-6-10;1-9(19)12-14(20)15(21)13(16(22)17(2)3)18(12)10-5-7-11(23-4)8-6-10;2-7(5,6)3-1-4;2-1-3/h5-8,21H,1-4H3,(H2,17,23,24);5-8,20-21H,1-4H3;;1H,(H,2,3). The van der Waals surface area contributed by atoms with Crippen molar-refractivity contribution in [1.82, 2.24) is 18.9 Å². The van der Waals surface area contributed by atoms with Crippen molar-refractivity contribution in [2.24, 2.45) is 9.54 Å². The Morgan fingerprint density at radius 2 is 1.05 bits per heavy atom. The first kappa shape index (κ1) is 51.1. The Morgan fingerprint density at radius 1 is 0.717 bits per heavy atom. The van der Waals surface area contributed by atoms with Crippen LogP contribution in [0.1, 0.15) is 55.8 Å². The van der Waals surface area contributed by atoms with Crippen LogP contribution in [0.5, 0.6) is 34.5 Å². The predicted octanol–water partition coefficient (Wildman–Crippen LogP) is 1.99. The van der Waals surface area contributed by atoms with Gasteiger partial charge in [0, 0.05) is 64.1 Å². The highest BCUT2D eigenvalue weighted by Crippen LogP contribution is 2.41. The maximum absolute atomic E-state index is 12.7. The van der Waals surface area contributed by atoms with Gasteiger partial charge in [0.05, 0.1) is 14.2 Å². The van der Waals surface area contributed by atoms with Crippen LogP contribution in [0.15, 0.2) is 52.9 Å². The van der Waals surface area contributed by atoms with Gasteiger partial charge in [0.15, 0.2) is 40.2 Å². The van der Waals surface area contributed by atoms with Gasteiger partial charge in [-0.15, -0.1) is 0 Å². The van der Waals surface area contributed by atoms with E-state index >= 15 is 0 Å². The minimum Gasteiger partial charge on any atom is -0.503 e. The van der Waals surface area contributed by atoms with Crippen LogP contribution >= 0.6 is 10.7 Å². The highest BCUT2D eigenvalue weighted by Gasteiger charge is 2.34. The molecule has 0 saturated carbocycles. The molecule has 0 aliphatic heterocycles. The summed E-state index contributed by atoms with van der Waals surface area (Å²) in [4.78, 5) is 68.9. The second-order valence-corrected chi connectivity index (χ2v) is 15.0. The molecule has 0 fully saturated rings. The molecule has 6 N–H and O–H groups in total. The Kier molecular flexibility index (Phi) is 18.5. The number of carboxylic acid groups (broad SMARTS) is 1.